The molecule has 0 aliphatic carbocycles. The Morgan fingerprint density at radius 2 is 1.89 bits per heavy atom. The second kappa shape index (κ2) is 11.8. The fraction of sp³-hybridized carbons (Fsp3) is 0.0800. The third-order valence-electron chi connectivity index (χ3n) is 5.01. The first-order valence-corrected chi connectivity index (χ1v) is 13.2. The van der Waals surface area contributed by atoms with E-state index in [0.717, 1.165) is 26.6 Å². The van der Waals surface area contributed by atoms with Crippen molar-refractivity contribution in [3.8, 4) is 5.75 Å². The maximum absolute atomic E-state index is 13.9. The molecule has 0 atom stereocenters. The van der Waals surface area contributed by atoms with Crippen molar-refractivity contribution in [2.24, 2.45) is 0 Å². The third kappa shape index (κ3) is 6.81. The second-order valence-corrected chi connectivity index (χ2v) is 11.1. The van der Waals surface area contributed by atoms with Gasteiger partial charge in [0.2, 0.25) is 0 Å². The molecule has 3 aromatic carbocycles. The Morgan fingerprint density at radius 1 is 1.11 bits per heavy atom. The molecule has 0 bridgehead atoms. The summed E-state index contributed by atoms with van der Waals surface area (Å²) in [6, 6.07) is 18.9. The molecule has 0 fully saturated rings. The molecule has 1 radical (unpaired) electrons. The van der Waals surface area contributed by atoms with Gasteiger partial charge >= 0.3 is 0 Å². The van der Waals surface area contributed by atoms with Gasteiger partial charge in [-0.3, -0.25) is 4.79 Å². The zero-order chi connectivity index (χ0) is 24.3. The van der Waals surface area contributed by atoms with Gasteiger partial charge in [-0.05, 0) is 65.1 Å². The van der Waals surface area contributed by atoms with Crippen molar-refractivity contribution in [2.75, 3.05) is 7.11 Å². The van der Waals surface area contributed by atoms with Gasteiger partial charge in [-0.2, -0.15) is 0 Å². The summed E-state index contributed by atoms with van der Waals surface area (Å²) >= 11 is 4.86. The van der Waals surface area contributed by atoms with Gasteiger partial charge in [0.05, 0.1) is 7.11 Å². The van der Waals surface area contributed by atoms with Crippen LogP contribution in [0.2, 0.25) is 0 Å². The number of nitrogens with one attached hydrogen (secondary N) is 1. The molecule has 5 nitrogen and oxygen atoms in total. The Bertz CT molecular complexity index is 1490. The fourth-order valence-electron chi connectivity index (χ4n) is 3.44. The molecule has 35 heavy (non-hydrogen) atoms. The second-order valence-electron chi connectivity index (χ2n) is 7.37. The maximum Gasteiger partial charge on any atom is 0.268 e. The van der Waals surface area contributed by atoms with Crippen LogP contribution in [-0.4, -0.2) is 51.0 Å². The summed E-state index contributed by atoms with van der Waals surface area (Å²) in [5, 5.41) is 1.13. The third-order valence-corrected chi connectivity index (χ3v) is 7.99. The quantitative estimate of drug-likeness (QED) is 0.229. The molecule has 10 heteroatoms. The average molecular weight is 583 g/mol. The number of sulfonamides is 1. The topological polar surface area (TPSA) is 72.5 Å². The number of carbonyl (C=O) groups is 1. The number of fused-ring (bicyclic) bond motifs is 1. The minimum absolute atomic E-state index is 0. The van der Waals surface area contributed by atoms with E-state index in [0.29, 0.717) is 16.5 Å². The minimum Gasteiger partial charge on any atom is -0.495 e. The number of amides is 1. The van der Waals surface area contributed by atoms with E-state index in [1.807, 2.05) is 29.0 Å². The molecule has 1 aromatic heterocycles. The van der Waals surface area contributed by atoms with E-state index in [9.17, 15) is 17.6 Å². The Morgan fingerprint density at radius 3 is 2.63 bits per heavy atom. The molecule has 0 unspecified atom stereocenters. The van der Waals surface area contributed by atoms with Crippen molar-refractivity contribution in [1.82, 2.24) is 4.72 Å². The van der Waals surface area contributed by atoms with E-state index in [1.54, 1.807) is 23.5 Å². The summed E-state index contributed by atoms with van der Waals surface area (Å²) < 4.78 is 48.1. The van der Waals surface area contributed by atoms with E-state index in [4.69, 9.17) is 4.74 Å². The van der Waals surface area contributed by atoms with Gasteiger partial charge in [0.25, 0.3) is 15.9 Å². The predicted molar refractivity (Wildman–Crippen MR) is 142 cm³/mol. The van der Waals surface area contributed by atoms with E-state index < -0.39 is 21.7 Å². The first-order valence-electron chi connectivity index (χ1n) is 10.1. The van der Waals surface area contributed by atoms with Crippen molar-refractivity contribution >= 4 is 88.9 Å². The number of benzene rings is 3. The Hall–Kier alpha value is -2.01. The fourth-order valence-corrected chi connectivity index (χ4v) is 6.18. The van der Waals surface area contributed by atoms with Crippen molar-refractivity contribution in [1.29, 1.82) is 0 Å². The van der Waals surface area contributed by atoms with Gasteiger partial charge in [-0.1, -0.05) is 40.2 Å². The number of methoxy groups -OCH3 is 1. The Labute approximate surface area is 237 Å². The van der Waals surface area contributed by atoms with Crippen molar-refractivity contribution in [3.63, 3.8) is 0 Å². The first-order chi connectivity index (χ1) is 16.2. The van der Waals surface area contributed by atoms with Crippen LogP contribution in [0.4, 0.5) is 4.39 Å². The largest absolute Gasteiger partial charge is 0.495 e. The summed E-state index contributed by atoms with van der Waals surface area (Å²) in [7, 11) is -2.85. The van der Waals surface area contributed by atoms with Crippen LogP contribution in [0, 0.1) is 5.82 Å². The number of halogens is 2. The van der Waals surface area contributed by atoms with Crippen molar-refractivity contribution < 1.29 is 22.3 Å². The number of ether oxygens (including phenoxy) is 1. The molecule has 0 aliphatic heterocycles. The maximum atomic E-state index is 13.9. The predicted octanol–water partition coefficient (Wildman–Crippen LogP) is 5.54. The molecule has 1 N–H and O–H groups in total. The van der Waals surface area contributed by atoms with Crippen LogP contribution in [0.5, 0.6) is 5.75 Å². The zero-order valence-electron chi connectivity index (χ0n) is 18.9. The van der Waals surface area contributed by atoms with Gasteiger partial charge < -0.3 is 4.74 Å². The zero-order valence-corrected chi connectivity index (χ0v) is 24.1. The molecule has 0 saturated carbocycles. The van der Waals surface area contributed by atoms with Gasteiger partial charge in [-0.25, -0.2) is 17.5 Å². The van der Waals surface area contributed by atoms with Crippen molar-refractivity contribution in [2.45, 2.75) is 11.3 Å². The van der Waals surface area contributed by atoms with Gasteiger partial charge in [0.15, 0.2) is 0 Å². The van der Waals surface area contributed by atoms with Crippen LogP contribution < -0.4 is 9.46 Å². The molecule has 1 heterocycles. The average Bonchev–Trinajstić information content (AvgIpc) is 3.21. The van der Waals surface area contributed by atoms with Crippen LogP contribution >= 0.6 is 27.3 Å². The first kappa shape index (κ1) is 27.6. The summed E-state index contributed by atoms with van der Waals surface area (Å²) in [5.41, 5.74) is 1.30. The molecular weight excluding hydrogens is 564 g/mol. The Kier molecular flexibility index (Phi) is 9.31. The smallest absolute Gasteiger partial charge is 0.268 e. The van der Waals surface area contributed by atoms with E-state index in [2.05, 4.69) is 22.0 Å². The molecule has 175 valence electrons. The molecule has 4 rings (SSSR count). The molecule has 0 saturated heterocycles. The number of carbonyl (C=O) groups excluding carboxylic acids is 1. The molecule has 1 amide bonds. The number of rotatable bonds is 7. The summed E-state index contributed by atoms with van der Waals surface area (Å²) in [5.74, 6) is -1.21. The summed E-state index contributed by atoms with van der Waals surface area (Å²) in [6.07, 6.45) is 3.04. The van der Waals surface area contributed by atoms with Crippen LogP contribution in [-0.2, 0) is 21.2 Å². The van der Waals surface area contributed by atoms with Crippen molar-refractivity contribution in [3.05, 3.63) is 99.1 Å². The van der Waals surface area contributed by atoms with Crippen LogP contribution in [0.15, 0.2) is 82.2 Å². The number of hydrogen-bond donors (Lipinski definition) is 1. The molecule has 0 spiro atoms. The van der Waals surface area contributed by atoms with Gasteiger partial charge in [0.1, 0.15) is 16.5 Å². The van der Waals surface area contributed by atoms with Crippen LogP contribution in [0.25, 0.3) is 16.2 Å². The van der Waals surface area contributed by atoms with Crippen LogP contribution in [0.1, 0.15) is 16.0 Å². The number of thiophene rings is 1. The standard InChI is InChI=1S/C25H19BrFNO4S2.Na/c1-32-22-10-8-19(26)15-24(22)34(30,31)28-25(29)11-7-16-12-20(27)9-6-17(16)13-21-14-18-4-2-3-5-23(18)33-21;/h2-12,14-15H,13H2,1H3,(H,28,29);/b11-7+;. The monoisotopic (exact) mass is 582 g/mol. The van der Waals surface area contributed by atoms with E-state index in [-0.39, 0.29) is 40.2 Å². The molecule has 0 aliphatic rings. The van der Waals surface area contributed by atoms with E-state index in [1.165, 1.54) is 37.5 Å². The number of hydrogen-bond acceptors (Lipinski definition) is 5. The van der Waals surface area contributed by atoms with E-state index >= 15 is 0 Å². The van der Waals surface area contributed by atoms with Crippen LogP contribution in [0.3, 0.4) is 0 Å². The summed E-state index contributed by atoms with van der Waals surface area (Å²) in [6.45, 7) is 0. The summed E-state index contributed by atoms with van der Waals surface area (Å²) in [4.78, 5) is 13.4. The molecular formula is C25H19BrFNNaO4S2. The van der Waals surface area contributed by atoms with Gasteiger partial charge in [-0.15, -0.1) is 11.3 Å². The normalized spacial score (nSPS) is 11.4. The van der Waals surface area contributed by atoms with Gasteiger partial charge in [0, 0.05) is 56.1 Å². The minimum atomic E-state index is -4.19. The molecule has 4 aromatic rings. The Balaban J connectivity index is 0.00000342. The SMILES string of the molecule is COc1ccc(Br)cc1S(=O)(=O)NC(=O)/C=C/c1cc(F)ccc1Cc1cc2ccccc2s1.[Na].